The van der Waals surface area contributed by atoms with Crippen molar-refractivity contribution in [2.24, 2.45) is 7.05 Å². The molecule has 2 N–H and O–H groups in total. The Morgan fingerprint density at radius 2 is 1.95 bits per heavy atom. The Hall–Kier alpha value is -2.11. The molecule has 0 aromatic carbocycles. The predicted octanol–water partition coefficient (Wildman–Crippen LogP) is 3.21. The first-order valence-electron chi connectivity index (χ1n) is 7.39. The third-order valence-corrected chi connectivity index (χ3v) is 3.19. The number of aromatic nitrogens is 4. The Balaban J connectivity index is 2.35. The van der Waals surface area contributed by atoms with E-state index in [1.165, 1.54) is 0 Å². The summed E-state index contributed by atoms with van der Waals surface area (Å²) in [5.74, 6) is 2.86. The minimum atomic E-state index is 0.280. The molecule has 0 saturated heterocycles. The normalized spacial score (nSPS) is 11.0. The molecule has 6 heteroatoms. The monoisotopic (exact) mass is 288 g/mol. The van der Waals surface area contributed by atoms with Crippen molar-refractivity contribution < 1.29 is 0 Å². The predicted molar refractivity (Wildman–Crippen MR) is 86.1 cm³/mol. The lowest BCUT2D eigenvalue weighted by atomic mass is 10.2. The van der Waals surface area contributed by atoms with Gasteiger partial charge in [0.2, 0.25) is 0 Å². The van der Waals surface area contributed by atoms with Crippen LogP contribution in [0.15, 0.2) is 12.4 Å². The molecule has 0 fully saturated rings. The maximum Gasteiger partial charge on any atom is 0.139 e. The molecule has 0 radical (unpaired) electrons. The van der Waals surface area contributed by atoms with Crippen LogP contribution in [0, 0.1) is 6.92 Å². The van der Waals surface area contributed by atoms with E-state index in [0.29, 0.717) is 0 Å². The molecule has 0 aliphatic heterocycles. The van der Waals surface area contributed by atoms with Gasteiger partial charge in [-0.2, -0.15) is 5.10 Å². The van der Waals surface area contributed by atoms with Crippen LogP contribution in [0.2, 0.25) is 0 Å². The molecular formula is C15H24N6. The zero-order chi connectivity index (χ0) is 15.4. The number of anilines is 3. The van der Waals surface area contributed by atoms with Crippen molar-refractivity contribution in [3.63, 3.8) is 0 Å². The number of nitrogens with one attached hydrogen (secondary N) is 2. The summed E-state index contributed by atoms with van der Waals surface area (Å²) >= 11 is 0. The Morgan fingerprint density at radius 1 is 1.24 bits per heavy atom. The summed E-state index contributed by atoms with van der Waals surface area (Å²) in [6.07, 6.45) is 4.78. The van der Waals surface area contributed by atoms with Gasteiger partial charge >= 0.3 is 0 Å². The van der Waals surface area contributed by atoms with E-state index >= 15 is 0 Å². The Bertz CT molecular complexity index is 602. The lowest BCUT2D eigenvalue weighted by Crippen LogP contribution is -2.11. The van der Waals surface area contributed by atoms with Crippen molar-refractivity contribution in [1.29, 1.82) is 0 Å². The molecule has 0 amide bonds. The molecule has 0 aliphatic carbocycles. The second kappa shape index (κ2) is 6.56. The minimum absolute atomic E-state index is 0.280. The fraction of sp³-hybridized carbons (Fsp3) is 0.533. The van der Waals surface area contributed by atoms with Crippen LogP contribution in [0.4, 0.5) is 17.3 Å². The SMILES string of the molecule is CCCNc1nc(C(C)C)nc(Nc2cnn(C)c2)c1C. The number of hydrogen-bond donors (Lipinski definition) is 2. The van der Waals surface area contributed by atoms with Gasteiger partial charge in [-0.1, -0.05) is 20.8 Å². The molecule has 0 spiro atoms. The Labute approximate surface area is 126 Å². The van der Waals surface area contributed by atoms with Crippen molar-refractivity contribution >= 4 is 17.3 Å². The van der Waals surface area contributed by atoms with Crippen LogP contribution in [0.25, 0.3) is 0 Å². The van der Waals surface area contributed by atoms with E-state index in [0.717, 1.165) is 41.7 Å². The van der Waals surface area contributed by atoms with Crippen LogP contribution in [-0.4, -0.2) is 26.3 Å². The maximum absolute atomic E-state index is 4.65. The largest absolute Gasteiger partial charge is 0.370 e. The molecule has 21 heavy (non-hydrogen) atoms. The van der Waals surface area contributed by atoms with E-state index in [1.54, 1.807) is 10.9 Å². The maximum atomic E-state index is 4.65. The highest BCUT2D eigenvalue weighted by molar-refractivity contribution is 5.64. The molecule has 0 saturated carbocycles. The zero-order valence-corrected chi connectivity index (χ0v) is 13.4. The fourth-order valence-corrected chi connectivity index (χ4v) is 1.95. The van der Waals surface area contributed by atoms with Gasteiger partial charge in [-0.05, 0) is 13.3 Å². The molecule has 0 atom stereocenters. The number of aryl methyl sites for hydroxylation is 1. The zero-order valence-electron chi connectivity index (χ0n) is 13.4. The first-order chi connectivity index (χ1) is 10.0. The third kappa shape index (κ3) is 3.71. The molecular weight excluding hydrogens is 264 g/mol. The van der Waals surface area contributed by atoms with E-state index in [9.17, 15) is 0 Å². The summed E-state index contributed by atoms with van der Waals surface area (Å²) in [6.45, 7) is 9.27. The van der Waals surface area contributed by atoms with E-state index in [-0.39, 0.29) is 5.92 Å². The average molecular weight is 288 g/mol. The second-order valence-electron chi connectivity index (χ2n) is 5.51. The summed E-state index contributed by atoms with van der Waals surface area (Å²) in [5, 5.41) is 10.9. The second-order valence-corrected chi connectivity index (χ2v) is 5.51. The molecule has 2 rings (SSSR count). The molecule has 6 nitrogen and oxygen atoms in total. The van der Waals surface area contributed by atoms with Crippen LogP contribution in [0.3, 0.4) is 0 Å². The standard InChI is InChI=1S/C15H24N6/c1-6-7-16-14-11(4)15(20-13(19-14)10(2)3)18-12-8-17-21(5)9-12/h8-10H,6-7H2,1-5H3,(H2,16,18,19,20). The lowest BCUT2D eigenvalue weighted by molar-refractivity contribution is 0.767. The number of nitrogens with zero attached hydrogens (tertiary/aromatic N) is 4. The van der Waals surface area contributed by atoms with Crippen molar-refractivity contribution in [3.8, 4) is 0 Å². The Kier molecular flexibility index (Phi) is 4.77. The number of hydrogen-bond acceptors (Lipinski definition) is 5. The first kappa shape index (κ1) is 15.3. The fourth-order valence-electron chi connectivity index (χ4n) is 1.95. The summed E-state index contributed by atoms with van der Waals surface area (Å²) < 4.78 is 1.76. The quantitative estimate of drug-likeness (QED) is 0.854. The van der Waals surface area contributed by atoms with Gasteiger partial charge in [0.15, 0.2) is 0 Å². The van der Waals surface area contributed by atoms with Crippen molar-refractivity contribution in [3.05, 3.63) is 23.8 Å². The van der Waals surface area contributed by atoms with E-state index in [4.69, 9.17) is 0 Å². The molecule has 2 aromatic heterocycles. The summed E-state index contributed by atoms with van der Waals surface area (Å²) in [6, 6.07) is 0. The van der Waals surface area contributed by atoms with Crippen LogP contribution in [0.1, 0.15) is 44.5 Å². The highest BCUT2D eigenvalue weighted by Crippen LogP contribution is 2.25. The molecule has 114 valence electrons. The van der Waals surface area contributed by atoms with E-state index in [2.05, 4.69) is 46.5 Å². The third-order valence-electron chi connectivity index (χ3n) is 3.19. The molecule has 2 heterocycles. The topological polar surface area (TPSA) is 67.7 Å². The van der Waals surface area contributed by atoms with Gasteiger partial charge in [-0.25, -0.2) is 9.97 Å². The minimum Gasteiger partial charge on any atom is -0.370 e. The summed E-state index contributed by atoms with van der Waals surface area (Å²) in [5.41, 5.74) is 1.95. The van der Waals surface area contributed by atoms with Gasteiger partial charge in [0.05, 0.1) is 11.9 Å². The van der Waals surface area contributed by atoms with Gasteiger partial charge in [0, 0.05) is 31.3 Å². The van der Waals surface area contributed by atoms with Crippen molar-refractivity contribution in [1.82, 2.24) is 19.7 Å². The Morgan fingerprint density at radius 3 is 2.52 bits per heavy atom. The first-order valence-corrected chi connectivity index (χ1v) is 7.39. The molecule has 0 aliphatic rings. The highest BCUT2D eigenvalue weighted by atomic mass is 15.3. The summed E-state index contributed by atoms with van der Waals surface area (Å²) in [4.78, 5) is 9.28. The van der Waals surface area contributed by atoms with Crippen molar-refractivity contribution in [2.45, 2.75) is 40.0 Å². The highest BCUT2D eigenvalue weighted by Gasteiger charge is 2.13. The molecule has 2 aromatic rings. The lowest BCUT2D eigenvalue weighted by Gasteiger charge is -2.15. The molecule has 0 bridgehead atoms. The van der Waals surface area contributed by atoms with Gasteiger partial charge in [0.25, 0.3) is 0 Å². The van der Waals surface area contributed by atoms with Gasteiger partial charge in [-0.3, -0.25) is 4.68 Å². The van der Waals surface area contributed by atoms with Crippen LogP contribution < -0.4 is 10.6 Å². The van der Waals surface area contributed by atoms with Crippen LogP contribution in [0.5, 0.6) is 0 Å². The van der Waals surface area contributed by atoms with Crippen LogP contribution in [-0.2, 0) is 7.05 Å². The van der Waals surface area contributed by atoms with Gasteiger partial charge < -0.3 is 10.6 Å². The number of rotatable bonds is 6. The molecule has 0 unspecified atom stereocenters. The summed E-state index contributed by atoms with van der Waals surface area (Å²) in [7, 11) is 1.89. The van der Waals surface area contributed by atoms with Crippen LogP contribution >= 0.6 is 0 Å². The van der Waals surface area contributed by atoms with E-state index < -0.39 is 0 Å². The average Bonchev–Trinajstić information content (AvgIpc) is 2.84. The van der Waals surface area contributed by atoms with Gasteiger partial charge in [0.1, 0.15) is 17.5 Å². The van der Waals surface area contributed by atoms with Gasteiger partial charge in [-0.15, -0.1) is 0 Å². The van der Waals surface area contributed by atoms with Crippen molar-refractivity contribution in [2.75, 3.05) is 17.2 Å². The smallest absolute Gasteiger partial charge is 0.139 e. The van der Waals surface area contributed by atoms with E-state index in [1.807, 2.05) is 20.2 Å².